The van der Waals surface area contributed by atoms with Gasteiger partial charge in [0.15, 0.2) is 0 Å². The number of benzene rings is 3. The molecule has 0 fully saturated rings. The zero-order valence-electron chi connectivity index (χ0n) is 13.6. The van der Waals surface area contributed by atoms with Crippen LogP contribution in [0.15, 0.2) is 66.7 Å². The maximum absolute atomic E-state index is 10.7. The maximum atomic E-state index is 10.7. The Labute approximate surface area is 151 Å². The summed E-state index contributed by atoms with van der Waals surface area (Å²) in [6, 6.07) is 18.1. The molecular formula is C22H18ClNO. The number of nitrogens with one attached hydrogen (secondary N) is 1. The van der Waals surface area contributed by atoms with Gasteiger partial charge in [-0.3, -0.25) is 0 Å². The van der Waals surface area contributed by atoms with Crippen LogP contribution >= 0.6 is 11.6 Å². The molecule has 1 aliphatic carbocycles. The molecule has 25 heavy (non-hydrogen) atoms. The molecule has 0 bridgehead atoms. The van der Waals surface area contributed by atoms with Gasteiger partial charge in [0.2, 0.25) is 0 Å². The molecule has 124 valence electrons. The lowest BCUT2D eigenvalue weighted by molar-refractivity contribution is 0.405. The summed E-state index contributed by atoms with van der Waals surface area (Å²) in [6.07, 6.45) is 5.54. The first-order valence-electron chi connectivity index (χ1n) is 8.66. The standard InChI is InChI=1S/C22H18ClNO/c23-18-10-4-9-16-15-7-3-8-17(15)22(24-21(16)18)20-14-6-2-1-5-13(14)11-12-19(20)25/h1-7,9-12,15,17,22,24-25H,8H2. The molecule has 0 spiro atoms. The number of phenolic OH excluding ortho intramolecular Hbond substituents is 1. The van der Waals surface area contributed by atoms with Crippen molar-refractivity contribution in [1.82, 2.24) is 0 Å². The molecule has 3 aromatic carbocycles. The number of hydrogen-bond acceptors (Lipinski definition) is 2. The van der Waals surface area contributed by atoms with Crippen LogP contribution in [-0.4, -0.2) is 5.11 Å². The van der Waals surface area contributed by atoms with Crippen LogP contribution in [0.3, 0.4) is 0 Å². The number of halogens is 1. The Morgan fingerprint density at radius 2 is 1.88 bits per heavy atom. The Hall–Kier alpha value is -2.45. The Morgan fingerprint density at radius 3 is 2.80 bits per heavy atom. The minimum Gasteiger partial charge on any atom is -0.508 e. The van der Waals surface area contributed by atoms with E-state index in [0.29, 0.717) is 17.6 Å². The Morgan fingerprint density at radius 1 is 1.00 bits per heavy atom. The molecular weight excluding hydrogens is 330 g/mol. The van der Waals surface area contributed by atoms with Gasteiger partial charge in [0.25, 0.3) is 0 Å². The molecule has 0 amide bonds. The fraction of sp³-hybridized carbons (Fsp3) is 0.182. The molecule has 3 unspecified atom stereocenters. The van der Waals surface area contributed by atoms with E-state index in [9.17, 15) is 5.11 Å². The third-order valence-corrected chi connectivity index (χ3v) is 5.92. The number of allylic oxidation sites excluding steroid dienone is 2. The second-order valence-electron chi connectivity index (χ2n) is 6.90. The largest absolute Gasteiger partial charge is 0.508 e. The minimum absolute atomic E-state index is 0.0264. The number of para-hydroxylation sites is 1. The van der Waals surface area contributed by atoms with Gasteiger partial charge < -0.3 is 10.4 Å². The second kappa shape index (κ2) is 5.53. The normalized spacial score (nSPS) is 24.0. The van der Waals surface area contributed by atoms with Crippen molar-refractivity contribution in [3.8, 4) is 5.75 Å². The summed E-state index contributed by atoms with van der Waals surface area (Å²) in [6.45, 7) is 0. The Kier molecular flexibility index (Phi) is 3.29. The van der Waals surface area contributed by atoms with E-state index in [0.717, 1.165) is 33.5 Å². The first-order chi connectivity index (χ1) is 12.2. The van der Waals surface area contributed by atoms with Gasteiger partial charge in [-0.1, -0.05) is 66.2 Å². The van der Waals surface area contributed by atoms with Gasteiger partial charge in [-0.2, -0.15) is 0 Å². The molecule has 5 rings (SSSR count). The van der Waals surface area contributed by atoms with Crippen LogP contribution in [0.1, 0.15) is 29.5 Å². The molecule has 2 aliphatic rings. The number of anilines is 1. The predicted octanol–water partition coefficient (Wildman–Crippen LogP) is 6.03. The molecule has 2 N–H and O–H groups in total. The smallest absolute Gasteiger partial charge is 0.121 e. The average molecular weight is 348 g/mol. The van der Waals surface area contributed by atoms with E-state index in [-0.39, 0.29) is 6.04 Å². The monoisotopic (exact) mass is 347 g/mol. The summed E-state index contributed by atoms with van der Waals surface area (Å²) in [7, 11) is 0. The van der Waals surface area contributed by atoms with Gasteiger partial charge in [0.1, 0.15) is 5.75 Å². The van der Waals surface area contributed by atoms with Crippen LogP contribution in [0.25, 0.3) is 10.8 Å². The summed E-state index contributed by atoms with van der Waals surface area (Å²) in [5, 5.41) is 17.3. The van der Waals surface area contributed by atoms with Gasteiger partial charge in [0.05, 0.1) is 16.8 Å². The Balaban J connectivity index is 1.74. The minimum atomic E-state index is 0.0264. The highest BCUT2D eigenvalue weighted by molar-refractivity contribution is 6.33. The van der Waals surface area contributed by atoms with E-state index in [4.69, 9.17) is 11.6 Å². The van der Waals surface area contributed by atoms with Crippen molar-refractivity contribution in [2.24, 2.45) is 5.92 Å². The van der Waals surface area contributed by atoms with E-state index < -0.39 is 0 Å². The summed E-state index contributed by atoms with van der Waals surface area (Å²) in [5.41, 5.74) is 3.22. The molecule has 0 radical (unpaired) electrons. The van der Waals surface area contributed by atoms with Gasteiger partial charge in [-0.15, -0.1) is 0 Å². The van der Waals surface area contributed by atoms with Crippen LogP contribution in [0, 0.1) is 5.92 Å². The van der Waals surface area contributed by atoms with Crippen molar-refractivity contribution in [2.75, 3.05) is 5.32 Å². The topological polar surface area (TPSA) is 32.3 Å². The first-order valence-corrected chi connectivity index (χ1v) is 9.04. The van der Waals surface area contributed by atoms with Gasteiger partial charge >= 0.3 is 0 Å². The van der Waals surface area contributed by atoms with Crippen LogP contribution < -0.4 is 5.32 Å². The summed E-state index contributed by atoms with van der Waals surface area (Å²) < 4.78 is 0. The van der Waals surface area contributed by atoms with E-state index in [1.54, 1.807) is 6.07 Å². The number of rotatable bonds is 1. The first kappa shape index (κ1) is 14.9. The van der Waals surface area contributed by atoms with Crippen molar-refractivity contribution >= 4 is 28.1 Å². The summed E-state index contributed by atoms with van der Waals surface area (Å²) >= 11 is 6.49. The number of aromatic hydroxyl groups is 1. The highest BCUT2D eigenvalue weighted by Gasteiger charge is 2.40. The van der Waals surface area contributed by atoms with E-state index >= 15 is 0 Å². The van der Waals surface area contributed by atoms with Gasteiger partial charge in [-0.25, -0.2) is 0 Å². The zero-order chi connectivity index (χ0) is 17.0. The fourth-order valence-corrected chi connectivity index (χ4v) is 4.72. The molecule has 0 aromatic heterocycles. The summed E-state index contributed by atoms with van der Waals surface area (Å²) in [4.78, 5) is 0. The lowest BCUT2D eigenvalue weighted by Crippen LogP contribution is -2.29. The molecule has 2 nitrogen and oxygen atoms in total. The molecule has 1 aliphatic heterocycles. The molecule has 3 atom stereocenters. The lowest BCUT2D eigenvalue weighted by atomic mass is 9.76. The van der Waals surface area contributed by atoms with Crippen molar-refractivity contribution < 1.29 is 5.11 Å². The quantitative estimate of drug-likeness (QED) is 0.527. The van der Waals surface area contributed by atoms with E-state index in [2.05, 4.69) is 35.7 Å². The molecule has 3 heteroatoms. The van der Waals surface area contributed by atoms with Crippen molar-refractivity contribution in [2.45, 2.75) is 18.4 Å². The second-order valence-corrected chi connectivity index (χ2v) is 7.31. The fourth-order valence-electron chi connectivity index (χ4n) is 4.48. The maximum Gasteiger partial charge on any atom is 0.121 e. The average Bonchev–Trinajstić information content (AvgIpc) is 3.12. The number of phenols is 1. The van der Waals surface area contributed by atoms with Gasteiger partial charge in [-0.05, 0) is 40.8 Å². The van der Waals surface area contributed by atoms with Crippen LogP contribution in [0.4, 0.5) is 5.69 Å². The van der Waals surface area contributed by atoms with Crippen molar-refractivity contribution in [1.29, 1.82) is 0 Å². The SMILES string of the molecule is Oc1ccc2ccccc2c1C1Nc2c(Cl)cccc2C2C=CCC21. The predicted molar refractivity (Wildman–Crippen MR) is 103 cm³/mol. The van der Waals surface area contributed by atoms with Crippen LogP contribution in [0.5, 0.6) is 5.75 Å². The number of hydrogen-bond donors (Lipinski definition) is 2. The lowest BCUT2D eigenvalue weighted by Gasteiger charge is -2.38. The van der Waals surface area contributed by atoms with Crippen LogP contribution in [-0.2, 0) is 0 Å². The zero-order valence-corrected chi connectivity index (χ0v) is 14.4. The molecule has 0 saturated carbocycles. The van der Waals surface area contributed by atoms with E-state index in [1.165, 1.54) is 5.56 Å². The summed E-state index contributed by atoms with van der Waals surface area (Å²) in [5.74, 6) is 1.05. The van der Waals surface area contributed by atoms with Crippen molar-refractivity contribution in [3.05, 3.63) is 82.9 Å². The molecule has 3 aromatic rings. The molecule has 1 heterocycles. The van der Waals surface area contributed by atoms with E-state index in [1.807, 2.05) is 30.3 Å². The molecule has 0 saturated heterocycles. The van der Waals surface area contributed by atoms with Crippen LogP contribution in [0.2, 0.25) is 5.02 Å². The Bertz CT molecular complexity index is 1010. The third-order valence-electron chi connectivity index (χ3n) is 5.60. The van der Waals surface area contributed by atoms with Crippen molar-refractivity contribution in [3.63, 3.8) is 0 Å². The number of fused-ring (bicyclic) bond motifs is 4. The third kappa shape index (κ3) is 2.17. The highest BCUT2D eigenvalue weighted by atomic mass is 35.5. The highest BCUT2D eigenvalue weighted by Crippen LogP contribution is 2.53. The van der Waals surface area contributed by atoms with Gasteiger partial charge in [0, 0.05) is 11.5 Å².